The van der Waals surface area contributed by atoms with Crippen LogP contribution in [0, 0.1) is 0 Å². The van der Waals surface area contributed by atoms with Crippen molar-refractivity contribution in [1.82, 2.24) is 5.32 Å². The van der Waals surface area contributed by atoms with Gasteiger partial charge in [0.15, 0.2) is 0 Å². The molecule has 2 atom stereocenters. The van der Waals surface area contributed by atoms with Crippen molar-refractivity contribution in [2.45, 2.75) is 32.4 Å². The highest BCUT2D eigenvalue weighted by molar-refractivity contribution is 5.52. The molecule has 0 aliphatic carbocycles. The molecule has 1 aliphatic heterocycles. The van der Waals surface area contributed by atoms with Crippen LogP contribution in [0.25, 0.3) is 0 Å². The van der Waals surface area contributed by atoms with Gasteiger partial charge < -0.3 is 14.8 Å². The summed E-state index contributed by atoms with van der Waals surface area (Å²) in [4.78, 5) is 0. The van der Waals surface area contributed by atoms with Crippen LogP contribution in [0.15, 0.2) is 12.1 Å². The molecule has 0 bridgehead atoms. The molecule has 3 nitrogen and oxygen atoms in total. The van der Waals surface area contributed by atoms with Crippen molar-refractivity contribution in [3.63, 3.8) is 0 Å². The zero-order valence-electron chi connectivity index (χ0n) is 10.3. The monoisotopic (exact) mass is 221 g/mol. The van der Waals surface area contributed by atoms with Crippen LogP contribution in [0.5, 0.6) is 11.5 Å². The summed E-state index contributed by atoms with van der Waals surface area (Å²) in [5.41, 5.74) is 2.51. The predicted octanol–water partition coefficient (Wildman–Crippen LogP) is 2.30. The zero-order chi connectivity index (χ0) is 11.7. The van der Waals surface area contributed by atoms with E-state index in [1.807, 2.05) is 12.1 Å². The third-order valence-electron chi connectivity index (χ3n) is 3.52. The first-order valence-corrected chi connectivity index (χ1v) is 5.66. The van der Waals surface area contributed by atoms with E-state index in [2.05, 4.69) is 19.2 Å². The average Bonchev–Trinajstić information content (AvgIpc) is 2.32. The van der Waals surface area contributed by atoms with Crippen molar-refractivity contribution in [3.8, 4) is 11.5 Å². The van der Waals surface area contributed by atoms with Gasteiger partial charge in [0.2, 0.25) is 0 Å². The third-order valence-corrected chi connectivity index (χ3v) is 3.52. The summed E-state index contributed by atoms with van der Waals surface area (Å²) in [5.74, 6) is 2.35. The lowest BCUT2D eigenvalue weighted by molar-refractivity contribution is 0.365. The number of hydrogen-bond donors (Lipinski definition) is 1. The Bertz CT molecular complexity index is 390. The van der Waals surface area contributed by atoms with Crippen LogP contribution in [0.1, 0.15) is 30.9 Å². The number of hydrogen-bond acceptors (Lipinski definition) is 3. The van der Waals surface area contributed by atoms with Crippen molar-refractivity contribution in [2.24, 2.45) is 0 Å². The molecule has 0 aromatic heterocycles. The predicted molar refractivity (Wildman–Crippen MR) is 64.3 cm³/mol. The van der Waals surface area contributed by atoms with Gasteiger partial charge in [-0.25, -0.2) is 0 Å². The molecule has 1 heterocycles. The van der Waals surface area contributed by atoms with E-state index in [0.717, 1.165) is 18.0 Å². The Morgan fingerprint density at radius 3 is 2.38 bits per heavy atom. The smallest absolute Gasteiger partial charge is 0.123 e. The van der Waals surface area contributed by atoms with Crippen molar-refractivity contribution >= 4 is 0 Å². The van der Waals surface area contributed by atoms with Crippen molar-refractivity contribution in [1.29, 1.82) is 0 Å². The number of nitrogens with one attached hydrogen (secondary N) is 1. The summed E-state index contributed by atoms with van der Waals surface area (Å²) < 4.78 is 10.8. The maximum absolute atomic E-state index is 5.45. The third kappa shape index (κ3) is 1.65. The molecule has 16 heavy (non-hydrogen) atoms. The Labute approximate surface area is 96.8 Å². The number of methoxy groups -OCH3 is 2. The average molecular weight is 221 g/mol. The normalized spacial score (nSPS) is 23.8. The van der Waals surface area contributed by atoms with E-state index in [1.54, 1.807) is 14.2 Å². The fourth-order valence-corrected chi connectivity index (χ4v) is 2.36. The van der Waals surface area contributed by atoms with Gasteiger partial charge in [-0.3, -0.25) is 0 Å². The van der Waals surface area contributed by atoms with Crippen LogP contribution in [0.4, 0.5) is 0 Å². The largest absolute Gasteiger partial charge is 0.496 e. The first-order valence-electron chi connectivity index (χ1n) is 5.66. The maximum atomic E-state index is 5.45. The number of fused-ring (bicyclic) bond motifs is 1. The minimum Gasteiger partial charge on any atom is -0.496 e. The van der Waals surface area contributed by atoms with Gasteiger partial charge >= 0.3 is 0 Å². The summed E-state index contributed by atoms with van der Waals surface area (Å²) in [6.45, 7) is 5.27. The first-order chi connectivity index (χ1) is 7.69. The second kappa shape index (κ2) is 4.34. The Hall–Kier alpha value is -1.22. The van der Waals surface area contributed by atoms with E-state index >= 15 is 0 Å². The van der Waals surface area contributed by atoms with Crippen LogP contribution in [-0.2, 0) is 6.54 Å². The maximum Gasteiger partial charge on any atom is 0.123 e. The molecule has 0 saturated heterocycles. The lowest BCUT2D eigenvalue weighted by Crippen LogP contribution is -2.36. The van der Waals surface area contributed by atoms with Crippen LogP contribution in [0.3, 0.4) is 0 Å². The van der Waals surface area contributed by atoms with E-state index in [0.29, 0.717) is 12.0 Å². The van der Waals surface area contributed by atoms with E-state index < -0.39 is 0 Å². The van der Waals surface area contributed by atoms with Crippen LogP contribution >= 0.6 is 0 Å². The number of rotatable bonds is 2. The second-order valence-electron chi connectivity index (χ2n) is 4.32. The van der Waals surface area contributed by atoms with E-state index in [9.17, 15) is 0 Å². The van der Waals surface area contributed by atoms with Gasteiger partial charge in [0, 0.05) is 29.6 Å². The quantitative estimate of drug-likeness (QED) is 0.831. The fraction of sp³-hybridized carbons (Fsp3) is 0.538. The molecule has 1 N–H and O–H groups in total. The second-order valence-corrected chi connectivity index (χ2v) is 4.32. The molecule has 1 aromatic rings. The molecular weight excluding hydrogens is 202 g/mol. The van der Waals surface area contributed by atoms with Gasteiger partial charge in [0.25, 0.3) is 0 Å². The van der Waals surface area contributed by atoms with Crippen LogP contribution < -0.4 is 14.8 Å². The number of benzene rings is 1. The molecule has 0 saturated carbocycles. The SMILES string of the molecule is COc1ccc(OC)c2c1CNC(C)C2C. The lowest BCUT2D eigenvalue weighted by atomic mass is 9.85. The summed E-state index contributed by atoms with van der Waals surface area (Å²) in [7, 11) is 3.44. The highest BCUT2D eigenvalue weighted by Gasteiger charge is 2.27. The van der Waals surface area contributed by atoms with Crippen LogP contribution in [-0.4, -0.2) is 20.3 Å². The van der Waals surface area contributed by atoms with Crippen molar-refractivity contribution in [2.75, 3.05) is 14.2 Å². The summed E-state index contributed by atoms with van der Waals surface area (Å²) in [6, 6.07) is 4.43. The molecule has 2 unspecified atom stereocenters. The fourth-order valence-electron chi connectivity index (χ4n) is 2.36. The lowest BCUT2D eigenvalue weighted by Gasteiger charge is -2.32. The minimum absolute atomic E-state index is 0.439. The van der Waals surface area contributed by atoms with Crippen molar-refractivity contribution in [3.05, 3.63) is 23.3 Å². The molecule has 0 radical (unpaired) electrons. The summed E-state index contributed by atoms with van der Waals surface area (Å²) in [5, 5.41) is 3.48. The Morgan fingerprint density at radius 2 is 1.75 bits per heavy atom. The first kappa shape index (κ1) is 11.3. The number of ether oxygens (including phenoxy) is 2. The van der Waals surface area contributed by atoms with Gasteiger partial charge in [0.1, 0.15) is 11.5 Å². The zero-order valence-corrected chi connectivity index (χ0v) is 10.3. The summed E-state index contributed by atoms with van der Waals surface area (Å²) >= 11 is 0. The molecule has 1 aromatic carbocycles. The minimum atomic E-state index is 0.439. The van der Waals surface area contributed by atoms with E-state index in [1.165, 1.54) is 11.1 Å². The molecule has 0 amide bonds. The molecule has 0 fully saturated rings. The molecule has 0 spiro atoms. The molecule has 88 valence electrons. The summed E-state index contributed by atoms with van der Waals surface area (Å²) in [6.07, 6.45) is 0. The molecule has 3 heteroatoms. The van der Waals surface area contributed by atoms with Gasteiger partial charge in [-0.05, 0) is 19.1 Å². The van der Waals surface area contributed by atoms with Crippen molar-refractivity contribution < 1.29 is 9.47 Å². The Kier molecular flexibility index (Phi) is 3.06. The Balaban J connectivity index is 2.57. The highest BCUT2D eigenvalue weighted by Crippen LogP contribution is 2.39. The van der Waals surface area contributed by atoms with E-state index in [-0.39, 0.29) is 0 Å². The van der Waals surface area contributed by atoms with Gasteiger partial charge in [-0.15, -0.1) is 0 Å². The van der Waals surface area contributed by atoms with Gasteiger partial charge in [-0.2, -0.15) is 0 Å². The molecular formula is C13H19NO2. The molecule has 2 rings (SSSR count). The topological polar surface area (TPSA) is 30.5 Å². The highest BCUT2D eigenvalue weighted by atomic mass is 16.5. The van der Waals surface area contributed by atoms with E-state index in [4.69, 9.17) is 9.47 Å². The van der Waals surface area contributed by atoms with Gasteiger partial charge in [-0.1, -0.05) is 6.92 Å². The molecule has 1 aliphatic rings. The van der Waals surface area contributed by atoms with Gasteiger partial charge in [0.05, 0.1) is 14.2 Å². The van der Waals surface area contributed by atoms with Crippen LogP contribution in [0.2, 0.25) is 0 Å². The Morgan fingerprint density at radius 1 is 1.12 bits per heavy atom. The standard InChI is InChI=1S/C13H19NO2/c1-8-9(2)14-7-10-11(15-3)5-6-12(16-4)13(8)10/h5-6,8-9,14H,7H2,1-4H3.